The number of allylic oxidation sites excluding steroid dienone is 4. The monoisotopic (exact) mass is 629 g/mol. The predicted octanol–water partition coefficient (Wildman–Crippen LogP) is 8.83. The third kappa shape index (κ3) is 5.95. The highest BCUT2D eigenvalue weighted by Gasteiger charge is 2.47. The lowest BCUT2D eigenvalue weighted by molar-refractivity contribution is 0.201. The zero-order valence-electron chi connectivity index (χ0n) is 26.6. The maximum Gasteiger partial charge on any atom is 0.119 e. The van der Waals surface area contributed by atoms with E-state index in [1.54, 1.807) is 0 Å². The summed E-state index contributed by atoms with van der Waals surface area (Å²) in [6.45, 7) is 0.619. The van der Waals surface area contributed by atoms with Crippen molar-refractivity contribution in [3.05, 3.63) is 178 Å². The second-order valence-electron chi connectivity index (χ2n) is 11.9. The highest BCUT2D eigenvalue weighted by Crippen LogP contribution is 2.58. The van der Waals surface area contributed by atoms with Crippen molar-refractivity contribution >= 4 is 0 Å². The van der Waals surface area contributed by atoms with Crippen LogP contribution in [0.25, 0.3) is 22.3 Å². The number of hydrogen-bond donors (Lipinski definition) is 1. The van der Waals surface area contributed by atoms with Crippen LogP contribution in [-0.4, -0.2) is 31.5 Å². The second-order valence-corrected chi connectivity index (χ2v) is 11.9. The minimum Gasteiger partial charge on any atom is -0.496 e. The summed E-state index contributed by atoms with van der Waals surface area (Å²) in [5.74, 6) is 8.12. The summed E-state index contributed by atoms with van der Waals surface area (Å²) in [7, 11) is 0. The maximum absolute atomic E-state index is 10.6. The molecule has 0 amide bonds. The minimum absolute atomic E-state index is 0.0394. The van der Waals surface area contributed by atoms with Gasteiger partial charge in [0.2, 0.25) is 0 Å². The smallest absolute Gasteiger partial charge is 0.119 e. The number of benzene rings is 5. The summed E-state index contributed by atoms with van der Waals surface area (Å²) < 4.78 is 11.6. The van der Waals surface area contributed by atoms with Gasteiger partial charge in [-0.15, -0.1) is 0 Å². The molecule has 0 aliphatic heterocycles. The Balaban J connectivity index is 1.34. The Morgan fingerprint density at radius 2 is 1.38 bits per heavy atom. The maximum atomic E-state index is 10.6. The van der Waals surface area contributed by atoms with Crippen LogP contribution in [0.3, 0.4) is 0 Å². The van der Waals surface area contributed by atoms with Gasteiger partial charge in [0.05, 0.1) is 17.8 Å². The molecule has 0 spiro atoms. The van der Waals surface area contributed by atoms with Crippen molar-refractivity contribution in [2.45, 2.75) is 18.3 Å². The number of nitroso groups, excluding NO2 is 1. The van der Waals surface area contributed by atoms with E-state index in [2.05, 4.69) is 102 Å². The van der Waals surface area contributed by atoms with Crippen molar-refractivity contribution < 1.29 is 14.6 Å². The van der Waals surface area contributed by atoms with E-state index in [1.807, 2.05) is 48.5 Å². The number of nitrogens with zero attached hydrogens (tertiary/aromatic N) is 1. The molecular formula is C43H35NO4. The molecule has 0 radical (unpaired) electrons. The van der Waals surface area contributed by atoms with Gasteiger partial charge in [0.25, 0.3) is 0 Å². The van der Waals surface area contributed by atoms with Crippen LogP contribution in [0, 0.1) is 16.7 Å². The van der Waals surface area contributed by atoms with E-state index in [9.17, 15) is 10.0 Å². The molecule has 2 aliphatic rings. The summed E-state index contributed by atoms with van der Waals surface area (Å²) in [4.78, 5) is 10.6. The first-order valence-corrected chi connectivity index (χ1v) is 16.3. The molecule has 0 aromatic heterocycles. The van der Waals surface area contributed by atoms with Crippen LogP contribution in [0.5, 0.6) is 5.75 Å². The zero-order chi connectivity index (χ0) is 32.8. The van der Waals surface area contributed by atoms with Crippen molar-refractivity contribution in [3.63, 3.8) is 0 Å². The molecular weight excluding hydrogens is 594 g/mol. The number of rotatable bonds is 10. The average molecular weight is 630 g/mol. The van der Waals surface area contributed by atoms with Crippen LogP contribution >= 0.6 is 0 Å². The SMILES string of the molecule is O=NCCOC1=CC=C(C2(c3ccc(OCCO)cc3)c3ccccc3-c3ccc(-c4ccc(C#Cc5ccccc5)cc4)cc32)CC1. The van der Waals surface area contributed by atoms with Crippen molar-refractivity contribution in [2.75, 3.05) is 26.4 Å². The normalized spacial score (nSPS) is 16.0. The fraction of sp³-hybridized carbons (Fsp3) is 0.163. The Hall–Kier alpha value is -5.70. The topological polar surface area (TPSA) is 68.1 Å². The van der Waals surface area contributed by atoms with Gasteiger partial charge < -0.3 is 14.6 Å². The highest BCUT2D eigenvalue weighted by atomic mass is 16.5. The van der Waals surface area contributed by atoms with Gasteiger partial charge in [0, 0.05) is 17.5 Å². The Kier molecular flexibility index (Phi) is 9.00. The Labute approximate surface area is 281 Å². The van der Waals surface area contributed by atoms with Crippen molar-refractivity contribution in [2.24, 2.45) is 5.18 Å². The number of fused-ring (bicyclic) bond motifs is 3. The molecule has 1 N–H and O–H groups in total. The Bertz CT molecular complexity index is 2050. The highest BCUT2D eigenvalue weighted by molar-refractivity contribution is 5.88. The molecule has 5 nitrogen and oxygen atoms in total. The number of aliphatic hydroxyl groups excluding tert-OH is 1. The molecule has 2 aliphatic carbocycles. The van der Waals surface area contributed by atoms with E-state index in [0.717, 1.165) is 52.2 Å². The Morgan fingerprint density at radius 3 is 2.10 bits per heavy atom. The molecule has 0 fully saturated rings. The molecule has 5 aromatic carbocycles. The van der Waals surface area contributed by atoms with Crippen LogP contribution in [-0.2, 0) is 10.2 Å². The molecule has 0 saturated carbocycles. The standard InChI is InChI=1S/C43H35NO4/c45-27-29-48-38-23-19-36(20-24-38)43(35-17-21-37(22-18-35)47-28-26-44-46)41-9-5-4-8-39(41)40-25-16-34(30-42(40)43)33-14-12-32(13-15-33)11-10-31-6-2-1-3-7-31/h1-9,12-17,19-21,23-25,30,45H,18,22,26-29H2. The molecule has 5 aromatic rings. The summed E-state index contributed by atoms with van der Waals surface area (Å²) >= 11 is 0. The van der Waals surface area contributed by atoms with Gasteiger partial charge in [-0.3, -0.25) is 0 Å². The van der Waals surface area contributed by atoms with E-state index in [1.165, 1.54) is 27.8 Å². The fourth-order valence-electron chi connectivity index (χ4n) is 6.94. The quantitative estimate of drug-likeness (QED) is 0.0952. The molecule has 1 unspecified atom stereocenters. The number of aliphatic hydroxyl groups is 1. The first-order chi connectivity index (χ1) is 23.7. The van der Waals surface area contributed by atoms with E-state index < -0.39 is 5.41 Å². The fourth-order valence-corrected chi connectivity index (χ4v) is 6.94. The Morgan fingerprint density at radius 1 is 0.667 bits per heavy atom. The second kappa shape index (κ2) is 14.0. The molecule has 0 heterocycles. The average Bonchev–Trinajstić information content (AvgIpc) is 3.45. The third-order valence-corrected chi connectivity index (χ3v) is 9.10. The van der Waals surface area contributed by atoms with Crippen LogP contribution in [0.2, 0.25) is 0 Å². The van der Waals surface area contributed by atoms with E-state index >= 15 is 0 Å². The van der Waals surface area contributed by atoms with Crippen LogP contribution in [0.15, 0.2) is 150 Å². The molecule has 0 bridgehead atoms. The van der Waals surface area contributed by atoms with Gasteiger partial charge >= 0.3 is 0 Å². The van der Waals surface area contributed by atoms with Crippen LogP contribution in [0.1, 0.15) is 40.7 Å². The largest absolute Gasteiger partial charge is 0.496 e. The van der Waals surface area contributed by atoms with E-state index in [-0.39, 0.29) is 26.4 Å². The minimum atomic E-state index is -0.551. The van der Waals surface area contributed by atoms with Gasteiger partial charge in [0.15, 0.2) is 0 Å². The van der Waals surface area contributed by atoms with Gasteiger partial charge in [0.1, 0.15) is 25.5 Å². The molecule has 0 saturated heterocycles. The molecule has 5 heteroatoms. The van der Waals surface area contributed by atoms with Crippen LogP contribution in [0.4, 0.5) is 0 Å². The summed E-state index contributed by atoms with van der Waals surface area (Å²) in [6.07, 6.45) is 5.76. The van der Waals surface area contributed by atoms with Crippen molar-refractivity contribution in [1.82, 2.24) is 0 Å². The van der Waals surface area contributed by atoms with E-state index in [4.69, 9.17) is 9.47 Å². The number of ether oxygens (including phenoxy) is 2. The summed E-state index contributed by atoms with van der Waals surface area (Å²) in [5, 5.41) is 12.2. The van der Waals surface area contributed by atoms with Crippen molar-refractivity contribution in [1.29, 1.82) is 0 Å². The predicted molar refractivity (Wildman–Crippen MR) is 191 cm³/mol. The molecule has 48 heavy (non-hydrogen) atoms. The lowest BCUT2D eigenvalue weighted by Crippen LogP contribution is -2.30. The molecule has 236 valence electrons. The van der Waals surface area contributed by atoms with E-state index in [0.29, 0.717) is 0 Å². The number of hydrogen-bond acceptors (Lipinski definition) is 5. The molecule has 1 atom stereocenters. The van der Waals surface area contributed by atoms with Crippen LogP contribution < -0.4 is 4.74 Å². The lowest BCUT2D eigenvalue weighted by atomic mass is 9.65. The summed E-state index contributed by atoms with van der Waals surface area (Å²) in [6, 6.07) is 42.3. The summed E-state index contributed by atoms with van der Waals surface area (Å²) in [5.41, 5.74) is 11.0. The van der Waals surface area contributed by atoms with Gasteiger partial charge in [-0.05, 0) is 93.9 Å². The van der Waals surface area contributed by atoms with Gasteiger partial charge in [-0.1, -0.05) is 108 Å². The van der Waals surface area contributed by atoms with Gasteiger partial charge in [-0.25, -0.2) is 0 Å². The lowest BCUT2D eigenvalue weighted by Gasteiger charge is -2.37. The van der Waals surface area contributed by atoms with Gasteiger partial charge in [-0.2, -0.15) is 4.91 Å². The van der Waals surface area contributed by atoms with Crippen molar-refractivity contribution in [3.8, 4) is 39.8 Å². The molecule has 7 rings (SSSR count). The first-order valence-electron chi connectivity index (χ1n) is 16.3. The third-order valence-electron chi connectivity index (χ3n) is 9.10. The first kappa shape index (κ1) is 30.9. The zero-order valence-corrected chi connectivity index (χ0v) is 26.6.